The molecule has 0 aliphatic carbocycles. The Kier molecular flexibility index (Phi) is 5.74. The van der Waals surface area contributed by atoms with Crippen LogP contribution in [0, 0.1) is 10.1 Å². The second-order valence-electron chi connectivity index (χ2n) is 4.71. The number of nitro benzene ring substituents is 1. The van der Waals surface area contributed by atoms with Crippen LogP contribution in [0.4, 0.5) is 5.69 Å². The minimum atomic E-state index is -0.684. The number of hydrogen-bond acceptors (Lipinski definition) is 6. The van der Waals surface area contributed by atoms with E-state index < -0.39 is 16.7 Å². The highest BCUT2D eigenvalue weighted by Gasteiger charge is 2.13. The summed E-state index contributed by atoms with van der Waals surface area (Å²) < 4.78 is 0. The molecule has 1 aromatic carbocycles. The third-order valence-electron chi connectivity index (χ3n) is 3.01. The quantitative estimate of drug-likeness (QED) is 0.471. The predicted molar refractivity (Wildman–Crippen MR) is 86.6 cm³/mol. The number of nitrogens with zero attached hydrogens (tertiary/aromatic N) is 1. The van der Waals surface area contributed by atoms with E-state index in [0.29, 0.717) is 4.88 Å². The number of benzene rings is 1. The number of Topliss-reactive ketones (excluding diaryl/α,β-unsaturated/α-hetero) is 1. The van der Waals surface area contributed by atoms with Gasteiger partial charge in [0.1, 0.15) is 0 Å². The van der Waals surface area contributed by atoms with Crippen molar-refractivity contribution in [3.63, 3.8) is 0 Å². The molecule has 1 aromatic heterocycles. The molecule has 1 heterocycles. The molecule has 0 saturated heterocycles. The molecule has 2 aromatic rings. The number of hydrazine groups is 1. The molecule has 2 N–H and O–H groups in total. The molecule has 0 atom stereocenters. The maximum absolute atomic E-state index is 11.8. The molecule has 124 valence electrons. The van der Waals surface area contributed by atoms with E-state index in [1.165, 1.54) is 29.5 Å². The maximum atomic E-state index is 11.8. The number of hydrogen-bond donors (Lipinski definition) is 2. The Hall–Kier alpha value is -3.07. The summed E-state index contributed by atoms with van der Waals surface area (Å²) in [5.74, 6) is -1.36. The molecule has 0 saturated carbocycles. The third-order valence-corrected chi connectivity index (χ3v) is 3.92. The number of amides is 2. The van der Waals surface area contributed by atoms with Crippen molar-refractivity contribution in [3.05, 3.63) is 62.3 Å². The van der Waals surface area contributed by atoms with Crippen LogP contribution in [0.25, 0.3) is 0 Å². The van der Waals surface area contributed by atoms with Crippen LogP contribution in [0.5, 0.6) is 0 Å². The van der Waals surface area contributed by atoms with E-state index in [2.05, 4.69) is 10.9 Å². The number of non-ortho nitro benzene ring substituents is 1. The van der Waals surface area contributed by atoms with Gasteiger partial charge in [0.25, 0.3) is 11.6 Å². The van der Waals surface area contributed by atoms with Gasteiger partial charge in [0.2, 0.25) is 5.91 Å². The summed E-state index contributed by atoms with van der Waals surface area (Å²) in [5.41, 5.74) is 4.14. The third kappa shape index (κ3) is 4.71. The number of ketones is 1. The molecule has 2 amide bonds. The van der Waals surface area contributed by atoms with Crippen molar-refractivity contribution in [2.24, 2.45) is 0 Å². The van der Waals surface area contributed by atoms with Gasteiger partial charge in [-0.2, -0.15) is 0 Å². The first-order chi connectivity index (χ1) is 11.5. The van der Waals surface area contributed by atoms with Crippen molar-refractivity contribution < 1.29 is 19.3 Å². The average molecular weight is 347 g/mol. The smallest absolute Gasteiger partial charge is 0.270 e. The van der Waals surface area contributed by atoms with Crippen LogP contribution in [0.1, 0.15) is 32.9 Å². The van der Waals surface area contributed by atoms with Gasteiger partial charge < -0.3 is 0 Å². The van der Waals surface area contributed by atoms with E-state index in [4.69, 9.17) is 0 Å². The van der Waals surface area contributed by atoms with Crippen LogP contribution >= 0.6 is 11.3 Å². The van der Waals surface area contributed by atoms with Gasteiger partial charge in [0.05, 0.1) is 9.80 Å². The molecule has 0 aliphatic heterocycles. The van der Waals surface area contributed by atoms with Gasteiger partial charge in [-0.05, 0) is 17.5 Å². The topological polar surface area (TPSA) is 118 Å². The molecular formula is C15H13N3O5S. The number of nitro groups is 1. The van der Waals surface area contributed by atoms with Gasteiger partial charge in [0, 0.05) is 30.5 Å². The molecule has 0 spiro atoms. The first-order valence-electron chi connectivity index (χ1n) is 6.87. The Labute approximate surface area is 140 Å². The number of rotatable bonds is 6. The molecule has 2 rings (SSSR count). The summed E-state index contributed by atoms with van der Waals surface area (Å²) in [4.78, 5) is 45.8. The molecule has 9 heteroatoms. The Balaban J connectivity index is 1.81. The molecular weight excluding hydrogens is 334 g/mol. The lowest BCUT2D eigenvalue weighted by molar-refractivity contribution is -0.384. The molecule has 0 fully saturated rings. The zero-order valence-electron chi connectivity index (χ0n) is 12.4. The highest BCUT2D eigenvalue weighted by atomic mass is 32.1. The summed E-state index contributed by atoms with van der Waals surface area (Å²) in [6.45, 7) is 0. The van der Waals surface area contributed by atoms with E-state index in [9.17, 15) is 24.5 Å². The number of nitrogens with one attached hydrogen (secondary N) is 2. The van der Waals surface area contributed by atoms with Crippen molar-refractivity contribution in [2.45, 2.75) is 12.8 Å². The summed E-state index contributed by atoms with van der Waals surface area (Å²) in [7, 11) is 0. The van der Waals surface area contributed by atoms with Gasteiger partial charge >= 0.3 is 0 Å². The van der Waals surface area contributed by atoms with E-state index in [1.807, 2.05) is 0 Å². The van der Waals surface area contributed by atoms with Crippen molar-refractivity contribution in [2.75, 3.05) is 0 Å². The molecule has 24 heavy (non-hydrogen) atoms. The standard InChI is InChI=1S/C15H13N3O5S/c19-12(13-5-2-8-24-13)6-7-14(20)16-17-15(21)10-3-1-4-11(9-10)18(22)23/h1-5,8-9H,6-7H2,(H,16,20)(H,17,21). The van der Waals surface area contributed by atoms with Crippen LogP contribution in [0.15, 0.2) is 41.8 Å². The number of carbonyl (C=O) groups excluding carboxylic acids is 3. The second-order valence-corrected chi connectivity index (χ2v) is 5.66. The number of carbonyl (C=O) groups is 3. The fraction of sp³-hybridized carbons (Fsp3) is 0.133. The lowest BCUT2D eigenvalue weighted by Gasteiger charge is -2.07. The summed E-state index contributed by atoms with van der Waals surface area (Å²) >= 11 is 1.30. The normalized spacial score (nSPS) is 10.0. The monoisotopic (exact) mass is 347 g/mol. The van der Waals surface area contributed by atoms with Gasteiger partial charge in [-0.25, -0.2) is 0 Å². The SMILES string of the molecule is O=C(CCC(=O)c1cccs1)NNC(=O)c1cccc([N+](=O)[O-])c1. The highest BCUT2D eigenvalue weighted by molar-refractivity contribution is 7.12. The molecule has 0 radical (unpaired) electrons. The summed E-state index contributed by atoms with van der Waals surface area (Å²) in [6, 6.07) is 8.53. The van der Waals surface area contributed by atoms with Crippen LogP contribution in [-0.4, -0.2) is 22.5 Å². The first kappa shape index (κ1) is 17.3. The Morgan fingerprint density at radius 3 is 2.54 bits per heavy atom. The van der Waals surface area contributed by atoms with Gasteiger partial charge in [-0.1, -0.05) is 12.1 Å². The fourth-order valence-electron chi connectivity index (χ4n) is 1.81. The van der Waals surface area contributed by atoms with E-state index in [0.717, 1.165) is 6.07 Å². The van der Waals surface area contributed by atoms with Crippen LogP contribution in [-0.2, 0) is 4.79 Å². The van der Waals surface area contributed by atoms with E-state index in [-0.39, 0.29) is 29.9 Å². The molecule has 0 unspecified atom stereocenters. The van der Waals surface area contributed by atoms with Crippen LogP contribution in [0.3, 0.4) is 0 Å². The Morgan fingerprint density at radius 2 is 1.88 bits per heavy atom. The molecule has 0 aliphatic rings. The summed E-state index contributed by atoms with van der Waals surface area (Å²) in [5, 5.41) is 12.4. The lowest BCUT2D eigenvalue weighted by atomic mass is 10.2. The Morgan fingerprint density at radius 1 is 1.08 bits per heavy atom. The fourth-order valence-corrected chi connectivity index (χ4v) is 2.50. The van der Waals surface area contributed by atoms with Crippen molar-refractivity contribution in [3.8, 4) is 0 Å². The van der Waals surface area contributed by atoms with Crippen molar-refractivity contribution >= 4 is 34.6 Å². The highest BCUT2D eigenvalue weighted by Crippen LogP contribution is 2.13. The largest absolute Gasteiger partial charge is 0.293 e. The minimum absolute atomic E-state index is 0.0268. The zero-order chi connectivity index (χ0) is 17.5. The summed E-state index contributed by atoms with van der Waals surface area (Å²) in [6.07, 6.45) is -0.0506. The van der Waals surface area contributed by atoms with Gasteiger partial charge in [-0.15, -0.1) is 11.3 Å². The van der Waals surface area contributed by atoms with Crippen molar-refractivity contribution in [1.82, 2.24) is 10.9 Å². The average Bonchev–Trinajstić information content (AvgIpc) is 3.12. The zero-order valence-corrected chi connectivity index (χ0v) is 13.2. The van der Waals surface area contributed by atoms with Crippen molar-refractivity contribution in [1.29, 1.82) is 0 Å². The predicted octanol–water partition coefficient (Wildman–Crippen LogP) is 2.08. The van der Waals surface area contributed by atoms with Gasteiger partial charge in [0.15, 0.2) is 5.78 Å². The second kappa shape index (κ2) is 7.97. The Bertz CT molecular complexity index is 773. The van der Waals surface area contributed by atoms with Crippen LogP contribution in [0.2, 0.25) is 0 Å². The van der Waals surface area contributed by atoms with E-state index >= 15 is 0 Å². The first-order valence-corrected chi connectivity index (χ1v) is 7.75. The van der Waals surface area contributed by atoms with Gasteiger partial charge in [-0.3, -0.25) is 35.3 Å². The van der Waals surface area contributed by atoms with E-state index in [1.54, 1.807) is 17.5 Å². The minimum Gasteiger partial charge on any atom is -0.293 e. The maximum Gasteiger partial charge on any atom is 0.270 e. The van der Waals surface area contributed by atoms with Crippen LogP contribution < -0.4 is 10.9 Å². The molecule has 8 nitrogen and oxygen atoms in total. The lowest BCUT2D eigenvalue weighted by Crippen LogP contribution is -2.41. The molecule has 0 bridgehead atoms. The number of thiophene rings is 1.